The van der Waals surface area contributed by atoms with E-state index >= 15 is 0 Å². The van der Waals surface area contributed by atoms with Crippen molar-refractivity contribution in [3.63, 3.8) is 0 Å². The summed E-state index contributed by atoms with van der Waals surface area (Å²) in [7, 11) is 1.10. The summed E-state index contributed by atoms with van der Waals surface area (Å²) < 4.78 is 30.2. The molecular weight excluding hydrogens is 940 g/mol. The average Bonchev–Trinajstić information content (AvgIpc) is 3.36. The maximum Gasteiger partial charge on any atom is 0.306 e. The molecule has 0 aromatic carbocycles. The monoisotopic (exact) mass is 1050 g/mol. The van der Waals surface area contributed by atoms with Crippen molar-refractivity contribution in [2.24, 2.45) is 0 Å². The van der Waals surface area contributed by atoms with Gasteiger partial charge in [-0.1, -0.05) is 219 Å². The molecule has 0 aliphatic heterocycles. The molecule has 0 saturated carbocycles. The summed E-state index contributed by atoms with van der Waals surface area (Å²) in [5.74, 6) is -0.687. The molecule has 0 aromatic rings. The van der Waals surface area contributed by atoms with E-state index in [0.29, 0.717) is 23.9 Å². The summed E-state index contributed by atoms with van der Waals surface area (Å²) in [6.45, 7) is 6.50. The number of carbonyl (C=O) groups is 2. The predicted molar refractivity (Wildman–Crippen MR) is 316 cm³/mol. The van der Waals surface area contributed by atoms with Gasteiger partial charge in [-0.25, -0.2) is 0 Å². The van der Waals surface area contributed by atoms with Gasteiger partial charge in [0.2, 0.25) is 5.91 Å². The first-order chi connectivity index (χ1) is 35.9. The van der Waals surface area contributed by atoms with Gasteiger partial charge in [-0.2, -0.15) is 0 Å². The molecule has 0 saturated heterocycles. The molecule has 0 spiro atoms. The van der Waals surface area contributed by atoms with Crippen LogP contribution in [0.5, 0.6) is 0 Å². The van der Waals surface area contributed by atoms with E-state index in [9.17, 15) is 19.0 Å². The molecule has 0 aliphatic rings. The summed E-state index contributed by atoms with van der Waals surface area (Å²) in [6, 6.07) is -0.951. The zero-order valence-electron chi connectivity index (χ0n) is 47.7. The molecule has 0 rings (SSSR count). The van der Waals surface area contributed by atoms with Crippen LogP contribution in [0, 0.1) is 0 Å². The van der Waals surface area contributed by atoms with Crippen molar-refractivity contribution in [2.75, 3.05) is 40.9 Å². The molecule has 1 N–H and O–H groups in total. The molecule has 0 fully saturated rings. The van der Waals surface area contributed by atoms with E-state index in [1.807, 2.05) is 39.4 Å². The van der Waals surface area contributed by atoms with Crippen LogP contribution in [-0.4, -0.2) is 69.4 Å². The van der Waals surface area contributed by atoms with Crippen molar-refractivity contribution >= 4 is 19.7 Å². The van der Waals surface area contributed by atoms with E-state index in [1.165, 1.54) is 57.8 Å². The fourth-order valence-electron chi connectivity index (χ4n) is 7.42. The highest BCUT2D eigenvalue weighted by molar-refractivity contribution is 7.45. The lowest BCUT2D eigenvalue weighted by atomic mass is 10.0. The van der Waals surface area contributed by atoms with Crippen LogP contribution in [0.15, 0.2) is 134 Å². The van der Waals surface area contributed by atoms with Gasteiger partial charge in [-0.15, -0.1) is 0 Å². The standard InChI is InChI=1S/C64H107N2O7P/c1-7-10-13-16-19-22-25-28-30-32-33-34-36-39-42-45-48-51-54-57-64(68)73-62(55-52-49-46-43-40-37-27-24-21-18-15-12-9-3)61(60-72-74(69,70)71-59-58-66(4,5)6)65-63(67)56-53-50-47-44-41-38-35-31-29-26-23-20-17-14-11-8-2/h10-11,13-14,19-20,22-23,28-31,33-34,38-39,41-42,47,50,52,55,61-62H,7-9,12,15-18,21,24-27,32,35-37,40,43-46,48-49,51,53-54,56-60H2,1-6H3,(H-,65,67,69,70)/b13-10-,14-11+,22-19-,23-20+,30-28-,31-29+,34-33-,41-38+,42-39-,50-47+,55-52+. The zero-order valence-corrected chi connectivity index (χ0v) is 48.6. The number of quaternary nitrogens is 1. The van der Waals surface area contributed by atoms with Crippen LogP contribution < -0.4 is 10.2 Å². The Labute approximate surface area is 454 Å². The lowest BCUT2D eigenvalue weighted by Crippen LogP contribution is -2.47. The largest absolute Gasteiger partial charge is 0.756 e. The molecule has 74 heavy (non-hydrogen) atoms. The summed E-state index contributed by atoms with van der Waals surface area (Å²) in [6.07, 6.45) is 74.4. The number of phosphoric acid groups is 1. The highest BCUT2D eigenvalue weighted by atomic mass is 31.2. The van der Waals surface area contributed by atoms with Gasteiger partial charge in [-0.3, -0.25) is 14.2 Å². The number of nitrogens with zero attached hydrogens (tertiary/aromatic N) is 1. The first-order valence-electron chi connectivity index (χ1n) is 29.0. The van der Waals surface area contributed by atoms with Crippen LogP contribution in [0.2, 0.25) is 0 Å². The number of hydrogen-bond acceptors (Lipinski definition) is 7. The number of phosphoric ester groups is 1. The molecule has 0 aromatic heterocycles. The quantitative estimate of drug-likeness (QED) is 0.0212. The number of esters is 1. The van der Waals surface area contributed by atoms with E-state index in [2.05, 4.69) is 135 Å². The highest BCUT2D eigenvalue weighted by Crippen LogP contribution is 2.38. The second-order valence-electron chi connectivity index (χ2n) is 20.0. The summed E-state index contributed by atoms with van der Waals surface area (Å²) in [5.41, 5.74) is 0. The second-order valence-corrected chi connectivity index (χ2v) is 21.4. The summed E-state index contributed by atoms with van der Waals surface area (Å²) >= 11 is 0. The van der Waals surface area contributed by atoms with Gasteiger partial charge in [0.05, 0.1) is 33.8 Å². The molecule has 0 heterocycles. The number of unbranched alkanes of at least 4 members (excludes halogenated alkanes) is 14. The van der Waals surface area contributed by atoms with Crippen molar-refractivity contribution in [2.45, 2.75) is 219 Å². The van der Waals surface area contributed by atoms with Gasteiger partial charge in [0.25, 0.3) is 7.82 Å². The lowest BCUT2D eigenvalue weighted by molar-refractivity contribution is -0.870. The second kappa shape index (κ2) is 52.6. The molecule has 9 nitrogen and oxygen atoms in total. The van der Waals surface area contributed by atoms with E-state index in [1.54, 1.807) is 6.08 Å². The van der Waals surface area contributed by atoms with Crippen LogP contribution in [0.4, 0.5) is 0 Å². The smallest absolute Gasteiger partial charge is 0.306 e. The fraction of sp³-hybridized carbons (Fsp3) is 0.625. The maximum atomic E-state index is 13.5. The molecule has 0 aliphatic carbocycles. The van der Waals surface area contributed by atoms with Crippen LogP contribution in [0.1, 0.15) is 207 Å². The Morgan fingerprint density at radius 3 is 1.32 bits per heavy atom. The molecule has 0 radical (unpaired) electrons. The number of nitrogens with one attached hydrogen (secondary N) is 1. The minimum Gasteiger partial charge on any atom is -0.756 e. The van der Waals surface area contributed by atoms with Crippen molar-refractivity contribution in [3.8, 4) is 0 Å². The predicted octanol–water partition coefficient (Wildman–Crippen LogP) is 17.1. The SMILES string of the molecule is CC/C=C\C/C=C\C/C=C\C/C=C\C/C=C\CCCCCC(=O)OC(/C=C/CCCCCCCCCCCCC)C(COP(=O)([O-])OCC[N+](C)(C)C)NC(=O)CC/C=C/C/C=C/C/C=C/C/C=C/C/C=C/CC. The highest BCUT2D eigenvalue weighted by Gasteiger charge is 2.27. The van der Waals surface area contributed by atoms with Gasteiger partial charge < -0.3 is 28.5 Å². The molecule has 1 amide bonds. The van der Waals surface area contributed by atoms with Crippen molar-refractivity contribution in [1.82, 2.24) is 5.32 Å². The third-order valence-electron chi connectivity index (χ3n) is 11.8. The van der Waals surface area contributed by atoms with Gasteiger partial charge in [-0.05, 0) is 109 Å². The van der Waals surface area contributed by atoms with E-state index in [4.69, 9.17) is 13.8 Å². The van der Waals surface area contributed by atoms with Crippen LogP contribution in [0.3, 0.4) is 0 Å². The molecule has 3 atom stereocenters. The number of likely N-dealkylation sites (N-methyl/N-ethyl adjacent to an activating group) is 1. The Kier molecular flexibility index (Phi) is 49.8. The number of hydrogen-bond donors (Lipinski definition) is 1. The minimum atomic E-state index is -4.73. The number of amides is 1. The van der Waals surface area contributed by atoms with Gasteiger partial charge in [0, 0.05) is 12.8 Å². The average molecular weight is 1050 g/mol. The van der Waals surface area contributed by atoms with Gasteiger partial charge >= 0.3 is 5.97 Å². The van der Waals surface area contributed by atoms with Crippen molar-refractivity contribution in [1.29, 1.82) is 0 Å². The Hall–Kier alpha value is -3.85. The van der Waals surface area contributed by atoms with Crippen molar-refractivity contribution < 1.29 is 37.3 Å². The molecule has 420 valence electrons. The number of allylic oxidation sites excluding steroid dienone is 21. The van der Waals surface area contributed by atoms with Gasteiger partial charge in [0.15, 0.2) is 0 Å². The first kappa shape index (κ1) is 70.1. The molecule has 0 bridgehead atoms. The first-order valence-corrected chi connectivity index (χ1v) is 30.5. The number of carbonyl (C=O) groups excluding carboxylic acids is 2. The maximum absolute atomic E-state index is 13.5. The van der Waals surface area contributed by atoms with Gasteiger partial charge in [0.1, 0.15) is 19.3 Å². The Morgan fingerprint density at radius 1 is 0.486 bits per heavy atom. The van der Waals surface area contributed by atoms with Crippen molar-refractivity contribution in [3.05, 3.63) is 134 Å². The Bertz CT molecular complexity index is 1730. The number of ether oxygens (including phenoxy) is 1. The topological polar surface area (TPSA) is 114 Å². The number of rotatable bonds is 50. The minimum absolute atomic E-state index is 0.0487. The van der Waals surface area contributed by atoms with E-state index < -0.39 is 32.5 Å². The third kappa shape index (κ3) is 53.0. The molecule has 3 unspecified atom stereocenters. The molecule has 10 heteroatoms. The third-order valence-corrected chi connectivity index (χ3v) is 12.8. The van der Waals surface area contributed by atoms with E-state index in [0.717, 1.165) is 103 Å². The zero-order chi connectivity index (χ0) is 54.3. The Balaban J connectivity index is 5.54. The normalized spacial score (nSPS) is 14.7. The molecular formula is C64H107N2O7P. The van der Waals surface area contributed by atoms with Crippen LogP contribution >= 0.6 is 7.82 Å². The van der Waals surface area contributed by atoms with Crippen LogP contribution in [-0.2, 0) is 27.9 Å². The summed E-state index contributed by atoms with van der Waals surface area (Å²) in [4.78, 5) is 39.9. The fourth-order valence-corrected chi connectivity index (χ4v) is 8.14. The summed E-state index contributed by atoms with van der Waals surface area (Å²) in [5, 5.41) is 2.96. The lowest BCUT2D eigenvalue weighted by Gasteiger charge is -2.30. The van der Waals surface area contributed by atoms with Crippen LogP contribution in [0.25, 0.3) is 0 Å². The van der Waals surface area contributed by atoms with E-state index in [-0.39, 0.29) is 25.4 Å². The Morgan fingerprint density at radius 2 is 0.878 bits per heavy atom.